The second kappa shape index (κ2) is 10.9. The molecule has 2 atom stereocenters. The molecule has 0 unspecified atom stereocenters. The van der Waals surface area contributed by atoms with Crippen LogP contribution in [0.5, 0.6) is 0 Å². The summed E-state index contributed by atoms with van der Waals surface area (Å²) < 4.78 is 8.08. The molecular formula is C26H28N4O3S2. The van der Waals surface area contributed by atoms with E-state index in [2.05, 4.69) is 22.4 Å². The number of hydrogen-bond donors (Lipinski definition) is 1. The van der Waals surface area contributed by atoms with Crippen LogP contribution in [0.1, 0.15) is 31.7 Å². The van der Waals surface area contributed by atoms with Crippen LogP contribution < -0.4 is 10.9 Å². The van der Waals surface area contributed by atoms with Gasteiger partial charge in [0.2, 0.25) is 5.91 Å². The Morgan fingerprint density at radius 1 is 1.29 bits per heavy atom. The minimum atomic E-state index is -0.0902. The molecule has 1 aliphatic rings. The monoisotopic (exact) mass is 508 g/mol. The predicted molar refractivity (Wildman–Crippen MR) is 141 cm³/mol. The summed E-state index contributed by atoms with van der Waals surface area (Å²) in [6, 6.07) is 14.1. The van der Waals surface area contributed by atoms with Gasteiger partial charge in [-0.3, -0.25) is 14.2 Å². The summed E-state index contributed by atoms with van der Waals surface area (Å²) in [7, 11) is 0. The van der Waals surface area contributed by atoms with E-state index in [1.54, 1.807) is 10.8 Å². The molecule has 1 saturated heterocycles. The van der Waals surface area contributed by atoms with Crippen LogP contribution >= 0.6 is 23.1 Å². The molecule has 1 amide bonds. The van der Waals surface area contributed by atoms with E-state index in [1.807, 2.05) is 37.3 Å². The maximum Gasteiger partial charge on any atom is 0.272 e. The van der Waals surface area contributed by atoms with Crippen LogP contribution in [0.15, 0.2) is 58.6 Å². The molecule has 1 N–H and O–H groups in total. The average molecular weight is 509 g/mol. The van der Waals surface area contributed by atoms with Gasteiger partial charge < -0.3 is 10.1 Å². The maximum atomic E-state index is 13.5. The Labute approximate surface area is 211 Å². The second-order valence-electron chi connectivity index (χ2n) is 8.86. The molecule has 9 heteroatoms. The van der Waals surface area contributed by atoms with Crippen LogP contribution in [0, 0.1) is 0 Å². The summed E-state index contributed by atoms with van der Waals surface area (Å²) in [6.45, 7) is 3.18. The van der Waals surface area contributed by atoms with Crippen molar-refractivity contribution in [3.8, 4) is 0 Å². The quantitative estimate of drug-likeness (QED) is 0.266. The van der Waals surface area contributed by atoms with Gasteiger partial charge in [0.05, 0.1) is 23.9 Å². The van der Waals surface area contributed by atoms with Gasteiger partial charge in [0, 0.05) is 24.2 Å². The van der Waals surface area contributed by atoms with Crippen molar-refractivity contribution < 1.29 is 9.53 Å². The fourth-order valence-corrected chi connectivity index (χ4v) is 6.19. The van der Waals surface area contributed by atoms with Crippen molar-refractivity contribution in [1.29, 1.82) is 0 Å². The zero-order valence-corrected chi connectivity index (χ0v) is 21.2. The van der Waals surface area contributed by atoms with E-state index in [4.69, 9.17) is 9.72 Å². The maximum absolute atomic E-state index is 13.5. The van der Waals surface area contributed by atoms with Gasteiger partial charge in [-0.25, -0.2) is 9.97 Å². The number of pyridine rings is 1. The zero-order valence-electron chi connectivity index (χ0n) is 19.6. The fraction of sp³-hybridized carbons (Fsp3) is 0.385. The number of benzene rings is 1. The van der Waals surface area contributed by atoms with Crippen molar-refractivity contribution in [2.45, 2.75) is 56.5 Å². The van der Waals surface area contributed by atoms with Crippen LogP contribution in [0.4, 0.5) is 0 Å². The number of carbonyl (C=O) groups excluding carboxylic acids is 1. The van der Waals surface area contributed by atoms with Gasteiger partial charge in [0.15, 0.2) is 5.16 Å². The number of thiophene rings is 1. The lowest BCUT2D eigenvalue weighted by Crippen LogP contribution is -2.34. The summed E-state index contributed by atoms with van der Waals surface area (Å²) in [6.07, 6.45) is 5.40. The molecule has 182 valence electrons. The molecule has 3 aromatic heterocycles. The molecule has 0 radical (unpaired) electrons. The van der Waals surface area contributed by atoms with E-state index in [1.165, 1.54) is 28.7 Å². The number of aromatic nitrogens is 3. The lowest BCUT2D eigenvalue weighted by molar-refractivity contribution is -0.119. The van der Waals surface area contributed by atoms with Gasteiger partial charge in [-0.1, -0.05) is 42.1 Å². The number of aryl methyl sites for hydroxylation is 1. The van der Waals surface area contributed by atoms with Crippen LogP contribution in [0.3, 0.4) is 0 Å². The van der Waals surface area contributed by atoms with Crippen LogP contribution in [0.25, 0.3) is 20.4 Å². The second-order valence-corrected chi connectivity index (χ2v) is 10.8. The van der Waals surface area contributed by atoms with E-state index in [-0.39, 0.29) is 29.4 Å². The van der Waals surface area contributed by atoms with Crippen molar-refractivity contribution in [3.63, 3.8) is 0 Å². The van der Waals surface area contributed by atoms with Gasteiger partial charge in [0.25, 0.3) is 5.56 Å². The molecule has 5 rings (SSSR count). The highest BCUT2D eigenvalue weighted by Crippen LogP contribution is 2.31. The highest BCUT2D eigenvalue weighted by Gasteiger charge is 2.22. The lowest BCUT2D eigenvalue weighted by atomic mass is 10.1. The first-order valence-electron chi connectivity index (χ1n) is 11.9. The normalized spacial score (nSPS) is 16.7. The SMILES string of the molecule is C[C@H](CCc1ccccc1)NC(=O)CSc1nc2c(sc3ncccc32)c(=O)n1C[C@@H]1CCCO1. The molecule has 0 aliphatic carbocycles. The number of hydrogen-bond acceptors (Lipinski definition) is 7. The first-order valence-corrected chi connectivity index (χ1v) is 13.7. The van der Waals surface area contributed by atoms with Crippen LogP contribution in [-0.4, -0.2) is 44.9 Å². The van der Waals surface area contributed by atoms with Gasteiger partial charge >= 0.3 is 0 Å². The molecular weight excluding hydrogens is 480 g/mol. The average Bonchev–Trinajstić information content (AvgIpc) is 3.52. The highest BCUT2D eigenvalue weighted by atomic mass is 32.2. The van der Waals surface area contributed by atoms with E-state index in [9.17, 15) is 9.59 Å². The summed E-state index contributed by atoms with van der Waals surface area (Å²) in [5.41, 5.74) is 1.83. The van der Waals surface area contributed by atoms with Crippen LogP contribution in [-0.2, 0) is 22.5 Å². The van der Waals surface area contributed by atoms with E-state index < -0.39 is 0 Å². The molecule has 35 heavy (non-hydrogen) atoms. The Bertz CT molecular complexity index is 1380. The molecule has 7 nitrogen and oxygen atoms in total. The van der Waals surface area contributed by atoms with E-state index in [0.29, 0.717) is 28.5 Å². The molecule has 1 aromatic carbocycles. The topological polar surface area (TPSA) is 86.1 Å². The van der Waals surface area contributed by atoms with Crippen molar-refractivity contribution in [1.82, 2.24) is 19.9 Å². The third-order valence-electron chi connectivity index (χ3n) is 6.18. The van der Waals surface area contributed by atoms with Crippen molar-refractivity contribution in [2.75, 3.05) is 12.4 Å². The van der Waals surface area contributed by atoms with Crippen molar-refractivity contribution in [3.05, 3.63) is 64.6 Å². The molecule has 0 bridgehead atoms. The summed E-state index contributed by atoms with van der Waals surface area (Å²) >= 11 is 2.67. The number of rotatable bonds is 9. The number of nitrogens with one attached hydrogen (secondary N) is 1. The number of nitrogens with zero attached hydrogens (tertiary/aromatic N) is 3. The molecule has 0 saturated carbocycles. The minimum Gasteiger partial charge on any atom is -0.376 e. The summed E-state index contributed by atoms with van der Waals surface area (Å²) in [4.78, 5) is 36.3. The molecule has 0 spiro atoms. The number of thioether (sulfide) groups is 1. The minimum absolute atomic E-state index is 0.00867. The van der Waals surface area contributed by atoms with Crippen molar-refractivity contribution >= 4 is 49.4 Å². The highest BCUT2D eigenvalue weighted by molar-refractivity contribution is 7.99. The molecule has 4 heterocycles. The largest absolute Gasteiger partial charge is 0.376 e. The van der Waals surface area contributed by atoms with Gasteiger partial charge in [-0.15, -0.1) is 11.3 Å². The Hall–Kier alpha value is -2.75. The standard InChI is InChI=1S/C26H28N4O3S2/c1-17(11-12-18-7-3-2-4-8-18)28-21(31)16-34-26-29-22-20-10-5-13-27-24(20)35-23(22)25(32)30(26)15-19-9-6-14-33-19/h2-5,7-8,10,13,17,19H,6,9,11-12,14-16H2,1H3,(H,28,31)/t17-,19+/m1/s1. The van der Waals surface area contributed by atoms with Gasteiger partial charge in [0.1, 0.15) is 9.53 Å². The smallest absolute Gasteiger partial charge is 0.272 e. The fourth-order valence-electron chi connectivity index (χ4n) is 4.35. The Balaban J connectivity index is 1.32. The van der Waals surface area contributed by atoms with Gasteiger partial charge in [-0.05, 0) is 50.3 Å². The summed E-state index contributed by atoms with van der Waals surface area (Å²) in [5, 5.41) is 4.50. The first kappa shape index (κ1) is 24.0. The van der Waals surface area contributed by atoms with E-state index in [0.717, 1.165) is 35.9 Å². The van der Waals surface area contributed by atoms with Crippen LogP contribution in [0.2, 0.25) is 0 Å². The Morgan fingerprint density at radius 2 is 2.14 bits per heavy atom. The zero-order chi connectivity index (χ0) is 24.2. The molecule has 4 aromatic rings. The third-order valence-corrected chi connectivity index (χ3v) is 8.24. The van der Waals surface area contributed by atoms with Crippen molar-refractivity contribution in [2.24, 2.45) is 0 Å². The summed E-state index contributed by atoms with van der Waals surface area (Å²) in [5.74, 6) is 0.129. The Morgan fingerprint density at radius 3 is 2.94 bits per heavy atom. The number of fused-ring (bicyclic) bond motifs is 3. The molecule has 1 aliphatic heterocycles. The first-order chi connectivity index (χ1) is 17.1. The van der Waals surface area contributed by atoms with E-state index >= 15 is 0 Å². The Kier molecular flexibility index (Phi) is 7.46. The lowest BCUT2D eigenvalue weighted by Gasteiger charge is -2.16. The number of amides is 1. The third kappa shape index (κ3) is 5.58. The molecule has 1 fully saturated rings. The number of ether oxygens (including phenoxy) is 1. The predicted octanol–water partition coefficient (Wildman–Crippen LogP) is 4.41. The number of carbonyl (C=O) groups is 1. The van der Waals surface area contributed by atoms with Gasteiger partial charge in [-0.2, -0.15) is 0 Å².